The summed E-state index contributed by atoms with van der Waals surface area (Å²) in [5.41, 5.74) is 0.378. The van der Waals surface area contributed by atoms with Crippen molar-refractivity contribution < 1.29 is 9.72 Å². The molecule has 3 aromatic rings. The lowest BCUT2D eigenvalue weighted by Crippen LogP contribution is -2.30. The van der Waals surface area contributed by atoms with Crippen molar-refractivity contribution in [1.82, 2.24) is 19.6 Å². The maximum Gasteiger partial charge on any atom is 0.271 e. The Hall–Kier alpha value is -3.82. The summed E-state index contributed by atoms with van der Waals surface area (Å²) in [4.78, 5) is 34.5. The molecule has 0 aliphatic heterocycles. The van der Waals surface area contributed by atoms with E-state index >= 15 is 0 Å². The lowest BCUT2D eigenvalue weighted by molar-refractivity contribution is -0.384. The molecule has 0 aliphatic rings. The van der Waals surface area contributed by atoms with Crippen molar-refractivity contribution in [3.8, 4) is 5.82 Å². The van der Waals surface area contributed by atoms with E-state index in [0.29, 0.717) is 17.1 Å². The third kappa shape index (κ3) is 3.64. The number of hydrogen-bond acceptors (Lipinski definition) is 6. The molecule has 10 heteroatoms. The molecule has 2 heterocycles. The Morgan fingerprint density at radius 3 is 2.81 bits per heavy atom. The number of nitrogens with one attached hydrogen (secondary N) is 1. The topological polar surface area (TPSA) is 125 Å². The molecule has 1 amide bonds. The molecule has 0 bridgehead atoms. The summed E-state index contributed by atoms with van der Waals surface area (Å²) in [6.07, 6.45) is 3.22. The van der Waals surface area contributed by atoms with E-state index in [9.17, 15) is 19.7 Å². The first-order chi connectivity index (χ1) is 12.4. The van der Waals surface area contributed by atoms with E-state index in [1.54, 1.807) is 25.4 Å². The molecule has 3 rings (SSSR count). The third-order valence-corrected chi connectivity index (χ3v) is 3.59. The Morgan fingerprint density at radius 2 is 2.12 bits per heavy atom. The van der Waals surface area contributed by atoms with Gasteiger partial charge in [0.2, 0.25) is 5.91 Å². The second kappa shape index (κ2) is 6.97. The van der Waals surface area contributed by atoms with Crippen LogP contribution in [0.15, 0.2) is 53.6 Å². The minimum absolute atomic E-state index is 0.137. The molecular weight excluding hydrogens is 340 g/mol. The van der Waals surface area contributed by atoms with Crippen LogP contribution in [0.1, 0.15) is 5.56 Å². The molecule has 0 atom stereocenters. The predicted octanol–water partition coefficient (Wildman–Crippen LogP) is 1.28. The van der Waals surface area contributed by atoms with Crippen LogP contribution in [0.5, 0.6) is 0 Å². The minimum atomic E-state index is -0.547. The van der Waals surface area contributed by atoms with E-state index in [2.05, 4.69) is 15.5 Å². The highest BCUT2D eigenvalue weighted by Gasteiger charge is 2.13. The van der Waals surface area contributed by atoms with Crippen molar-refractivity contribution >= 4 is 17.3 Å². The summed E-state index contributed by atoms with van der Waals surface area (Å²) >= 11 is 0. The average Bonchev–Trinajstić information content (AvgIpc) is 3.13. The highest BCUT2D eigenvalue weighted by Crippen LogP contribution is 2.21. The quantitative estimate of drug-likeness (QED) is 0.543. The van der Waals surface area contributed by atoms with Crippen LogP contribution >= 0.6 is 0 Å². The monoisotopic (exact) mass is 354 g/mol. The minimum Gasteiger partial charge on any atom is -0.324 e. The van der Waals surface area contributed by atoms with E-state index in [0.717, 1.165) is 4.68 Å². The third-order valence-electron chi connectivity index (χ3n) is 3.59. The summed E-state index contributed by atoms with van der Waals surface area (Å²) in [5.74, 6) is -0.144. The second-order valence-electron chi connectivity index (χ2n) is 5.44. The number of aromatic nitrogens is 4. The molecule has 0 spiro atoms. The number of aryl methyl sites for hydroxylation is 1. The number of nitro groups is 1. The maximum atomic E-state index is 12.3. The number of carbonyl (C=O) groups excluding carboxylic acids is 1. The number of anilines is 1. The highest BCUT2D eigenvalue weighted by molar-refractivity contribution is 5.91. The summed E-state index contributed by atoms with van der Waals surface area (Å²) in [6.45, 7) is 1.37. The Balaban J connectivity index is 1.81. The number of amides is 1. The van der Waals surface area contributed by atoms with Gasteiger partial charge < -0.3 is 5.32 Å². The van der Waals surface area contributed by atoms with Gasteiger partial charge in [0, 0.05) is 30.6 Å². The molecule has 0 fully saturated rings. The Kier molecular flexibility index (Phi) is 4.56. The van der Waals surface area contributed by atoms with E-state index in [1.165, 1.54) is 35.0 Å². The van der Waals surface area contributed by atoms with Crippen molar-refractivity contribution in [2.75, 3.05) is 5.32 Å². The highest BCUT2D eigenvalue weighted by atomic mass is 16.6. The van der Waals surface area contributed by atoms with Gasteiger partial charge in [0.15, 0.2) is 5.82 Å². The van der Waals surface area contributed by atoms with Crippen LogP contribution in [-0.2, 0) is 11.3 Å². The molecule has 1 N–H and O–H groups in total. The Labute approximate surface area is 146 Å². The van der Waals surface area contributed by atoms with Crippen molar-refractivity contribution in [3.63, 3.8) is 0 Å². The summed E-state index contributed by atoms with van der Waals surface area (Å²) in [5, 5.41) is 21.6. The molecular formula is C16H14N6O4. The summed E-state index contributed by atoms with van der Waals surface area (Å²) < 4.78 is 2.46. The van der Waals surface area contributed by atoms with E-state index in [-0.39, 0.29) is 12.2 Å². The van der Waals surface area contributed by atoms with Gasteiger partial charge in [0.1, 0.15) is 6.54 Å². The SMILES string of the molecule is Cc1ccc([N+](=O)[O-])cc1NC(=O)Cn1nc(-n2cccn2)ccc1=O. The van der Waals surface area contributed by atoms with Gasteiger partial charge >= 0.3 is 0 Å². The van der Waals surface area contributed by atoms with Crippen LogP contribution in [0.25, 0.3) is 5.82 Å². The van der Waals surface area contributed by atoms with Crippen molar-refractivity contribution in [2.24, 2.45) is 0 Å². The first-order valence-corrected chi connectivity index (χ1v) is 7.57. The second-order valence-corrected chi connectivity index (χ2v) is 5.44. The number of nitro benzene ring substituents is 1. The van der Waals surface area contributed by atoms with Crippen LogP contribution in [-0.4, -0.2) is 30.4 Å². The van der Waals surface area contributed by atoms with Crippen molar-refractivity contribution in [3.05, 3.63) is 74.8 Å². The van der Waals surface area contributed by atoms with Crippen LogP contribution in [0.4, 0.5) is 11.4 Å². The summed E-state index contributed by atoms with van der Waals surface area (Å²) in [7, 11) is 0. The number of benzene rings is 1. The molecule has 1 aromatic carbocycles. The molecule has 0 radical (unpaired) electrons. The normalized spacial score (nSPS) is 10.5. The molecule has 0 aliphatic carbocycles. The van der Waals surface area contributed by atoms with E-state index < -0.39 is 16.4 Å². The maximum absolute atomic E-state index is 12.3. The largest absolute Gasteiger partial charge is 0.324 e. The number of hydrogen-bond donors (Lipinski definition) is 1. The lowest BCUT2D eigenvalue weighted by Gasteiger charge is -2.10. The first kappa shape index (κ1) is 17.0. The zero-order valence-electron chi connectivity index (χ0n) is 13.7. The first-order valence-electron chi connectivity index (χ1n) is 7.57. The molecule has 0 saturated heterocycles. The van der Waals surface area contributed by atoms with Gasteiger partial charge in [-0.05, 0) is 24.6 Å². The van der Waals surface area contributed by atoms with Gasteiger partial charge in [0.05, 0.1) is 10.6 Å². The van der Waals surface area contributed by atoms with Gasteiger partial charge in [-0.25, -0.2) is 9.36 Å². The average molecular weight is 354 g/mol. The van der Waals surface area contributed by atoms with Crippen LogP contribution in [0, 0.1) is 17.0 Å². The number of rotatable bonds is 5. The Morgan fingerprint density at radius 1 is 1.31 bits per heavy atom. The van der Waals surface area contributed by atoms with Gasteiger partial charge in [-0.15, -0.1) is 5.10 Å². The van der Waals surface area contributed by atoms with Crippen LogP contribution in [0.3, 0.4) is 0 Å². The van der Waals surface area contributed by atoms with E-state index in [1.807, 2.05) is 0 Å². The predicted molar refractivity (Wildman–Crippen MR) is 92.1 cm³/mol. The standard InChI is InChI=1S/C16H14N6O4/c1-11-3-4-12(22(25)26)9-13(11)18-15(23)10-21-16(24)6-5-14(19-21)20-8-2-7-17-20/h2-9H,10H2,1H3,(H,18,23). The van der Waals surface area contributed by atoms with Gasteiger partial charge in [-0.1, -0.05) is 6.07 Å². The Bertz CT molecular complexity index is 1030. The molecule has 2 aromatic heterocycles. The fourth-order valence-corrected chi connectivity index (χ4v) is 2.26. The van der Waals surface area contributed by atoms with Crippen LogP contribution < -0.4 is 10.9 Å². The number of non-ortho nitro benzene ring substituents is 1. The summed E-state index contributed by atoms with van der Waals surface area (Å²) in [6, 6.07) is 8.64. The van der Waals surface area contributed by atoms with E-state index in [4.69, 9.17) is 0 Å². The van der Waals surface area contributed by atoms with Crippen molar-refractivity contribution in [2.45, 2.75) is 13.5 Å². The smallest absolute Gasteiger partial charge is 0.271 e. The fourth-order valence-electron chi connectivity index (χ4n) is 2.26. The van der Waals surface area contributed by atoms with Crippen LogP contribution in [0.2, 0.25) is 0 Å². The molecule has 132 valence electrons. The van der Waals surface area contributed by atoms with Gasteiger partial charge in [-0.3, -0.25) is 19.7 Å². The molecule has 10 nitrogen and oxygen atoms in total. The molecule has 0 unspecified atom stereocenters. The van der Waals surface area contributed by atoms with Gasteiger partial charge in [0.25, 0.3) is 11.2 Å². The van der Waals surface area contributed by atoms with Gasteiger partial charge in [-0.2, -0.15) is 5.10 Å². The zero-order chi connectivity index (χ0) is 18.7. The van der Waals surface area contributed by atoms with Crippen molar-refractivity contribution in [1.29, 1.82) is 0 Å². The molecule has 26 heavy (non-hydrogen) atoms. The zero-order valence-corrected chi connectivity index (χ0v) is 13.7. The fraction of sp³-hybridized carbons (Fsp3) is 0.125. The number of nitrogens with zero attached hydrogens (tertiary/aromatic N) is 5. The lowest BCUT2D eigenvalue weighted by atomic mass is 10.2. The molecule has 0 saturated carbocycles. The number of carbonyl (C=O) groups is 1.